The molecule has 0 saturated carbocycles. The summed E-state index contributed by atoms with van der Waals surface area (Å²) in [4.78, 5) is 19.7. The number of nitrogens with two attached hydrogens (primary N) is 1. The Labute approximate surface area is 187 Å². The van der Waals surface area contributed by atoms with Crippen LogP contribution in [0, 0.1) is 0 Å². The van der Waals surface area contributed by atoms with Crippen molar-refractivity contribution < 1.29 is 19.4 Å². The number of ether oxygens (including phenoxy) is 2. The Kier molecular flexibility index (Phi) is 8.21. The molecule has 1 aromatic heterocycles. The Morgan fingerprint density at radius 1 is 1.12 bits per heavy atom. The van der Waals surface area contributed by atoms with E-state index in [0.29, 0.717) is 30.9 Å². The first kappa shape index (κ1) is 23.3. The fraction of sp³-hybridized carbons (Fsp3) is 0.375. The first-order valence-corrected chi connectivity index (χ1v) is 10.7. The number of anilines is 1. The number of carbonyl (C=O) groups excluding carboxylic acids is 1. The number of amides is 1. The quantitative estimate of drug-likeness (QED) is 0.370. The number of carbonyl (C=O) groups is 1. The van der Waals surface area contributed by atoms with E-state index in [1.54, 1.807) is 7.11 Å². The van der Waals surface area contributed by atoms with Gasteiger partial charge in [0.1, 0.15) is 18.2 Å². The highest BCUT2D eigenvalue weighted by Gasteiger charge is 2.14. The van der Waals surface area contributed by atoms with Crippen LogP contribution in [0.25, 0.3) is 10.9 Å². The van der Waals surface area contributed by atoms with E-state index in [1.165, 1.54) is 6.33 Å². The number of nitrogens with one attached hydrogen (secondary N) is 1. The minimum absolute atomic E-state index is 0.0662. The van der Waals surface area contributed by atoms with Gasteiger partial charge in [0.15, 0.2) is 11.5 Å². The zero-order valence-electron chi connectivity index (χ0n) is 18.5. The molecule has 0 bridgehead atoms. The summed E-state index contributed by atoms with van der Waals surface area (Å²) < 4.78 is 11.5. The van der Waals surface area contributed by atoms with Gasteiger partial charge in [-0.2, -0.15) is 0 Å². The van der Waals surface area contributed by atoms with Gasteiger partial charge in [0, 0.05) is 17.5 Å². The molecular formula is C24H30N4O4. The van der Waals surface area contributed by atoms with Crippen LogP contribution in [0.3, 0.4) is 0 Å². The number of aromatic nitrogens is 2. The number of methoxy groups -OCH3 is 1. The molecule has 0 fully saturated rings. The van der Waals surface area contributed by atoms with Crippen molar-refractivity contribution in [3.05, 3.63) is 54.4 Å². The van der Waals surface area contributed by atoms with E-state index in [9.17, 15) is 9.90 Å². The van der Waals surface area contributed by atoms with Gasteiger partial charge in [0.2, 0.25) is 5.91 Å². The minimum Gasteiger partial charge on any atom is -0.493 e. The number of primary amides is 1. The maximum atomic E-state index is 10.9. The van der Waals surface area contributed by atoms with E-state index in [0.717, 1.165) is 35.1 Å². The Morgan fingerprint density at radius 2 is 1.91 bits per heavy atom. The number of benzene rings is 2. The summed E-state index contributed by atoms with van der Waals surface area (Å²) in [5.41, 5.74) is 6.98. The van der Waals surface area contributed by atoms with E-state index in [4.69, 9.17) is 15.2 Å². The van der Waals surface area contributed by atoms with Crippen molar-refractivity contribution in [1.29, 1.82) is 0 Å². The number of aliphatic hydroxyl groups excluding tert-OH is 1. The van der Waals surface area contributed by atoms with Crippen LogP contribution in [-0.2, 0) is 4.79 Å². The molecule has 4 N–H and O–H groups in total. The number of unbranched alkanes of at least 4 members (excludes halogenated alkanes) is 2. The summed E-state index contributed by atoms with van der Waals surface area (Å²) in [6.07, 6.45) is 3.09. The van der Waals surface area contributed by atoms with Crippen LogP contribution in [0.15, 0.2) is 48.8 Å². The summed E-state index contributed by atoms with van der Waals surface area (Å²) in [5.74, 6) is 1.25. The Hall–Kier alpha value is -3.39. The second-order valence-electron chi connectivity index (χ2n) is 7.64. The van der Waals surface area contributed by atoms with Gasteiger partial charge in [-0.05, 0) is 37.8 Å². The largest absolute Gasteiger partial charge is 0.493 e. The molecule has 3 rings (SSSR count). The molecule has 32 heavy (non-hydrogen) atoms. The summed E-state index contributed by atoms with van der Waals surface area (Å²) in [6, 6.07) is 14.0. The Bertz CT molecular complexity index is 1030. The van der Waals surface area contributed by atoms with E-state index in [-0.39, 0.29) is 6.04 Å². The van der Waals surface area contributed by atoms with E-state index in [1.807, 2.05) is 30.3 Å². The first-order chi connectivity index (χ1) is 15.5. The third-order valence-electron chi connectivity index (χ3n) is 5.28. The van der Waals surface area contributed by atoms with Gasteiger partial charge >= 0.3 is 0 Å². The molecular weight excluding hydrogens is 408 g/mol. The van der Waals surface area contributed by atoms with Crippen LogP contribution >= 0.6 is 0 Å². The maximum absolute atomic E-state index is 10.9. The Morgan fingerprint density at radius 3 is 2.62 bits per heavy atom. The van der Waals surface area contributed by atoms with Crippen LogP contribution in [0.2, 0.25) is 0 Å². The lowest BCUT2D eigenvalue weighted by Crippen LogP contribution is -2.27. The maximum Gasteiger partial charge on any atom is 0.246 e. The molecule has 0 spiro atoms. The summed E-state index contributed by atoms with van der Waals surface area (Å²) in [7, 11) is 1.59. The molecule has 2 aromatic carbocycles. The molecule has 0 aliphatic heterocycles. The third-order valence-corrected chi connectivity index (χ3v) is 5.28. The highest BCUT2D eigenvalue weighted by molar-refractivity contribution is 5.91. The summed E-state index contributed by atoms with van der Waals surface area (Å²) in [5, 5.41) is 13.8. The predicted molar refractivity (Wildman–Crippen MR) is 124 cm³/mol. The number of hydrogen-bond donors (Lipinski definition) is 3. The van der Waals surface area contributed by atoms with Gasteiger partial charge < -0.3 is 25.6 Å². The SMILES string of the molecule is COc1cc2ncnc(NC(C)c3ccccc3)c2cc1OCCCCCC(O)C(N)=O. The fourth-order valence-corrected chi connectivity index (χ4v) is 3.42. The van der Waals surface area contributed by atoms with Crippen molar-refractivity contribution in [2.45, 2.75) is 44.8 Å². The van der Waals surface area contributed by atoms with Crippen molar-refractivity contribution >= 4 is 22.6 Å². The average Bonchev–Trinajstić information content (AvgIpc) is 2.81. The van der Waals surface area contributed by atoms with Gasteiger partial charge in [-0.3, -0.25) is 4.79 Å². The average molecular weight is 439 g/mol. The molecule has 170 valence electrons. The van der Waals surface area contributed by atoms with Crippen LogP contribution in [0.1, 0.15) is 44.2 Å². The van der Waals surface area contributed by atoms with Crippen molar-refractivity contribution in [3.63, 3.8) is 0 Å². The van der Waals surface area contributed by atoms with E-state index >= 15 is 0 Å². The number of rotatable bonds is 12. The van der Waals surface area contributed by atoms with E-state index in [2.05, 4.69) is 34.3 Å². The minimum atomic E-state index is -1.08. The van der Waals surface area contributed by atoms with Crippen LogP contribution < -0.4 is 20.5 Å². The van der Waals surface area contributed by atoms with Crippen LogP contribution in [-0.4, -0.2) is 40.8 Å². The zero-order valence-corrected chi connectivity index (χ0v) is 18.5. The number of hydrogen-bond acceptors (Lipinski definition) is 7. The van der Waals surface area contributed by atoms with E-state index < -0.39 is 12.0 Å². The molecule has 0 saturated heterocycles. The molecule has 0 radical (unpaired) electrons. The predicted octanol–water partition coefficient (Wildman–Crippen LogP) is 3.60. The monoisotopic (exact) mass is 438 g/mol. The zero-order chi connectivity index (χ0) is 22.9. The molecule has 1 heterocycles. The second kappa shape index (κ2) is 11.3. The lowest BCUT2D eigenvalue weighted by Gasteiger charge is -2.17. The number of aliphatic hydroxyl groups is 1. The standard InChI is InChI=1S/C24H30N4O4/c1-16(17-9-5-3-6-10-17)28-24-18-13-22(21(31-2)14-19(18)26-15-27-24)32-12-8-4-7-11-20(29)23(25)30/h3,5-6,9-10,13-16,20,29H,4,7-8,11-12H2,1-2H3,(H2,25,30)(H,26,27,28). The van der Waals surface area contributed by atoms with Crippen molar-refractivity contribution in [2.24, 2.45) is 5.73 Å². The normalized spacial score (nSPS) is 12.8. The Balaban J connectivity index is 1.68. The van der Waals surface area contributed by atoms with Gasteiger partial charge in [-0.25, -0.2) is 9.97 Å². The van der Waals surface area contributed by atoms with Gasteiger partial charge in [0.25, 0.3) is 0 Å². The highest BCUT2D eigenvalue weighted by Crippen LogP contribution is 2.35. The molecule has 1 amide bonds. The molecule has 2 atom stereocenters. The molecule has 8 nitrogen and oxygen atoms in total. The van der Waals surface area contributed by atoms with Crippen molar-refractivity contribution in [1.82, 2.24) is 9.97 Å². The molecule has 0 aliphatic rings. The molecule has 2 unspecified atom stereocenters. The summed E-state index contributed by atoms with van der Waals surface area (Å²) in [6.45, 7) is 2.56. The van der Waals surface area contributed by atoms with Crippen LogP contribution in [0.4, 0.5) is 5.82 Å². The summed E-state index contributed by atoms with van der Waals surface area (Å²) >= 11 is 0. The fourth-order valence-electron chi connectivity index (χ4n) is 3.42. The van der Waals surface area contributed by atoms with Gasteiger partial charge in [-0.1, -0.05) is 36.8 Å². The lowest BCUT2D eigenvalue weighted by atomic mass is 10.1. The topological polar surface area (TPSA) is 120 Å². The van der Waals surface area contributed by atoms with Gasteiger partial charge in [-0.15, -0.1) is 0 Å². The van der Waals surface area contributed by atoms with Crippen molar-refractivity contribution in [3.8, 4) is 11.5 Å². The molecule has 3 aromatic rings. The first-order valence-electron chi connectivity index (χ1n) is 10.7. The number of nitrogens with zero attached hydrogens (tertiary/aromatic N) is 2. The van der Waals surface area contributed by atoms with Gasteiger partial charge in [0.05, 0.1) is 19.2 Å². The number of fused-ring (bicyclic) bond motifs is 1. The second-order valence-corrected chi connectivity index (χ2v) is 7.64. The third kappa shape index (κ3) is 6.07. The van der Waals surface area contributed by atoms with Crippen LogP contribution in [0.5, 0.6) is 11.5 Å². The molecule has 8 heteroatoms. The smallest absolute Gasteiger partial charge is 0.246 e. The van der Waals surface area contributed by atoms with Crippen molar-refractivity contribution in [2.75, 3.05) is 19.0 Å². The molecule has 0 aliphatic carbocycles. The lowest BCUT2D eigenvalue weighted by molar-refractivity contribution is -0.126. The highest BCUT2D eigenvalue weighted by atomic mass is 16.5.